The van der Waals surface area contributed by atoms with Crippen LogP contribution in [0.5, 0.6) is 0 Å². The largest absolute Gasteiger partial charge is 0.390 e. The zero-order valence-electron chi connectivity index (χ0n) is 17.7. The molecule has 1 unspecified atom stereocenters. The molecule has 0 radical (unpaired) electrons. The molecular formula is C20H20F5N7O2. The molecular weight excluding hydrogens is 465 g/mol. The third-order valence-corrected chi connectivity index (χ3v) is 5.79. The van der Waals surface area contributed by atoms with E-state index in [2.05, 4.69) is 25.7 Å². The Bertz CT molecular complexity index is 1180. The number of hydrogen-bond donors (Lipinski definition) is 1. The molecule has 1 aliphatic rings. The molecule has 3 heterocycles. The normalized spacial score (nSPS) is 17.6. The molecule has 0 saturated heterocycles. The summed E-state index contributed by atoms with van der Waals surface area (Å²) in [6, 6.07) is 0.656. The number of halogens is 5. The number of aldehydes is 1. The molecule has 0 aromatic carbocycles. The number of alkyl halides is 5. The lowest BCUT2D eigenvalue weighted by Gasteiger charge is -2.33. The fraction of sp³-hybridized carbons (Fsp3) is 0.500. The number of nitrogens with one attached hydrogen (secondary N) is 1. The van der Waals surface area contributed by atoms with Crippen LogP contribution in [-0.2, 0) is 6.54 Å². The summed E-state index contributed by atoms with van der Waals surface area (Å²) >= 11 is 0. The first-order valence-electron chi connectivity index (χ1n) is 10.5. The number of fused-ring (bicyclic) bond motifs is 1. The standard InChI is InChI=1S/C20H20F5N7O2/c21-19(22)3-1-13(2-4-19)17(14-10-32-16(28-14)7-12(11-33)8-27-32)29-18(34)15-9-26-30-31(15)6-5-20(23,24)25/h7-11,13,17H,1-6H2,(H,29,34). The van der Waals surface area contributed by atoms with E-state index in [1.54, 1.807) is 0 Å². The van der Waals surface area contributed by atoms with E-state index in [0.717, 1.165) is 10.9 Å². The summed E-state index contributed by atoms with van der Waals surface area (Å²) in [6.45, 7) is -0.598. The Morgan fingerprint density at radius 2 is 2.00 bits per heavy atom. The van der Waals surface area contributed by atoms with E-state index >= 15 is 0 Å². The molecule has 1 atom stereocenters. The van der Waals surface area contributed by atoms with E-state index < -0.39 is 42.9 Å². The predicted octanol–water partition coefficient (Wildman–Crippen LogP) is 3.38. The molecule has 1 N–H and O–H groups in total. The smallest absolute Gasteiger partial charge is 0.342 e. The molecule has 14 heteroatoms. The Hall–Kier alpha value is -3.45. The van der Waals surface area contributed by atoms with Crippen molar-refractivity contribution in [3.8, 4) is 0 Å². The number of nitrogens with zero attached hydrogens (tertiary/aromatic N) is 6. The van der Waals surface area contributed by atoms with Crippen LogP contribution in [0.2, 0.25) is 0 Å². The summed E-state index contributed by atoms with van der Waals surface area (Å²) < 4.78 is 67.6. The molecule has 3 aromatic heterocycles. The minimum absolute atomic E-state index is 0.102. The van der Waals surface area contributed by atoms with Gasteiger partial charge in [-0.15, -0.1) is 5.10 Å². The van der Waals surface area contributed by atoms with Gasteiger partial charge in [-0.2, -0.15) is 18.3 Å². The lowest BCUT2D eigenvalue weighted by Crippen LogP contribution is -2.38. The number of hydrogen-bond acceptors (Lipinski definition) is 6. The average Bonchev–Trinajstić information content (AvgIpc) is 3.42. The second-order valence-corrected chi connectivity index (χ2v) is 8.23. The van der Waals surface area contributed by atoms with Crippen molar-refractivity contribution in [1.29, 1.82) is 0 Å². The molecule has 1 fully saturated rings. The molecule has 0 spiro atoms. The quantitative estimate of drug-likeness (QED) is 0.406. The molecule has 0 aliphatic heterocycles. The number of rotatable bonds is 7. The predicted molar refractivity (Wildman–Crippen MR) is 106 cm³/mol. The number of amides is 1. The number of imidazole rings is 1. The fourth-order valence-electron chi connectivity index (χ4n) is 4.00. The number of carbonyl (C=O) groups excluding carboxylic acids is 2. The molecule has 182 valence electrons. The van der Waals surface area contributed by atoms with E-state index in [4.69, 9.17) is 0 Å². The lowest BCUT2D eigenvalue weighted by molar-refractivity contribution is -0.137. The van der Waals surface area contributed by atoms with Gasteiger partial charge in [-0.1, -0.05) is 5.21 Å². The highest BCUT2D eigenvalue weighted by Crippen LogP contribution is 2.41. The van der Waals surface area contributed by atoms with E-state index in [9.17, 15) is 31.5 Å². The summed E-state index contributed by atoms with van der Waals surface area (Å²) in [7, 11) is 0. The minimum atomic E-state index is -4.44. The third kappa shape index (κ3) is 5.37. The third-order valence-electron chi connectivity index (χ3n) is 5.79. The van der Waals surface area contributed by atoms with Crippen LogP contribution in [0.1, 0.15) is 64.7 Å². The van der Waals surface area contributed by atoms with Gasteiger partial charge in [0.25, 0.3) is 5.91 Å². The van der Waals surface area contributed by atoms with Crippen molar-refractivity contribution in [2.24, 2.45) is 5.92 Å². The SMILES string of the molecule is O=Cc1cnn2cc(C(NC(=O)c3cnnn3CCC(F)(F)F)C3CCC(F)(F)CC3)nc2c1. The van der Waals surface area contributed by atoms with Crippen LogP contribution in [0.4, 0.5) is 22.0 Å². The highest BCUT2D eigenvalue weighted by Gasteiger charge is 2.39. The molecule has 3 aromatic rings. The van der Waals surface area contributed by atoms with Crippen molar-refractivity contribution in [2.45, 2.75) is 56.8 Å². The van der Waals surface area contributed by atoms with Gasteiger partial charge in [0.05, 0.1) is 43.3 Å². The Kier molecular flexibility index (Phi) is 6.32. The van der Waals surface area contributed by atoms with Gasteiger partial charge in [-0.3, -0.25) is 9.59 Å². The summed E-state index contributed by atoms with van der Waals surface area (Å²) in [5.41, 5.74) is 0.730. The maximum absolute atomic E-state index is 13.8. The molecule has 9 nitrogen and oxygen atoms in total. The first kappa shape index (κ1) is 23.7. The van der Waals surface area contributed by atoms with E-state index in [1.807, 2.05) is 0 Å². The highest BCUT2D eigenvalue weighted by atomic mass is 19.4. The van der Waals surface area contributed by atoms with Gasteiger partial charge < -0.3 is 5.32 Å². The maximum atomic E-state index is 13.8. The van der Waals surface area contributed by atoms with E-state index in [1.165, 1.54) is 23.0 Å². The summed E-state index contributed by atoms with van der Waals surface area (Å²) in [6.07, 6.45) is -1.69. The molecule has 1 saturated carbocycles. The van der Waals surface area contributed by atoms with Gasteiger partial charge >= 0.3 is 6.18 Å². The fourth-order valence-corrected chi connectivity index (χ4v) is 4.00. The Morgan fingerprint density at radius 3 is 2.68 bits per heavy atom. The summed E-state index contributed by atoms with van der Waals surface area (Å²) in [5.74, 6) is -3.96. The number of carbonyl (C=O) groups is 2. The number of aryl methyl sites for hydroxylation is 1. The van der Waals surface area contributed by atoms with Crippen LogP contribution in [0.15, 0.2) is 24.7 Å². The van der Waals surface area contributed by atoms with Crippen molar-refractivity contribution < 1.29 is 31.5 Å². The Balaban J connectivity index is 1.61. The summed E-state index contributed by atoms with van der Waals surface area (Å²) in [4.78, 5) is 28.4. The van der Waals surface area contributed by atoms with Crippen LogP contribution in [0, 0.1) is 5.92 Å². The topological polar surface area (TPSA) is 107 Å². The van der Waals surface area contributed by atoms with Crippen molar-refractivity contribution in [3.05, 3.63) is 41.6 Å². The van der Waals surface area contributed by atoms with Gasteiger partial charge in [0.2, 0.25) is 5.92 Å². The van der Waals surface area contributed by atoms with Gasteiger partial charge in [0.1, 0.15) is 5.69 Å². The first-order chi connectivity index (χ1) is 16.0. The van der Waals surface area contributed by atoms with Crippen molar-refractivity contribution in [2.75, 3.05) is 0 Å². The van der Waals surface area contributed by atoms with Gasteiger partial charge in [-0.05, 0) is 24.8 Å². The Morgan fingerprint density at radius 1 is 1.26 bits per heavy atom. The highest BCUT2D eigenvalue weighted by molar-refractivity contribution is 5.92. The molecule has 34 heavy (non-hydrogen) atoms. The second-order valence-electron chi connectivity index (χ2n) is 8.23. The second kappa shape index (κ2) is 9.06. The molecule has 0 bridgehead atoms. The van der Waals surface area contributed by atoms with Gasteiger partial charge in [-0.25, -0.2) is 23.0 Å². The van der Waals surface area contributed by atoms with Crippen LogP contribution < -0.4 is 5.32 Å². The summed E-state index contributed by atoms with van der Waals surface area (Å²) in [5, 5.41) is 13.9. The van der Waals surface area contributed by atoms with Crippen LogP contribution in [-0.4, -0.2) is 53.9 Å². The molecule has 4 rings (SSSR count). The number of aromatic nitrogens is 6. The van der Waals surface area contributed by atoms with Crippen LogP contribution in [0.25, 0.3) is 5.65 Å². The zero-order valence-corrected chi connectivity index (χ0v) is 17.7. The van der Waals surface area contributed by atoms with E-state index in [0.29, 0.717) is 17.6 Å². The van der Waals surface area contributed by atoms with Gasteiger partial charge in [0.15, 0.2) is 11.9 Å². The lowest BCUT2D eigenvalue weighted by atomic mass is 9.81. The molecule has 1 aliphatic carbocycles. The van der Waals surface area contributed by atoms with Crippen LogP contribution in [0.3, 0.4) is 0 Å². The molecule has 1 amide bonds. The van der Waals surface area contributed by atoms with Crippen molar-refractivity contribution in [1.82, 2.24) is 34.9 Å². The zero-order chi connectivity index (χ0) is 24.5. The average molecular weight is 485 g/mol. The minimum Gasteiger partial charge on any atom is -0.342 e. The maximum Gasteiger partial charge on any atom is 0.390 e. The van der Waals surface area contributed by atoms with Gasteiger partial charge in [0, 0.05) is 18.4 Å². The monoisotopic (exact) mass is 485 g/mol. The van der Waals surface area contributed by atoms with Crippen molar-refractivity contribution >= 4 is 17.8 Å². The van der Waals surface area contributed by atoms with E-state index in [-0.39, 0.29) is 36.9 Å². The Labute approximate surface area is 189 Å². The van der Waals surface area contributed by atoms with Crippen molar-refractivity contribution in [3.63, 3.8) is 0 Å². The van der Waals surface area contributed by atoms with Crippen LogP contribution >= 0.6 is 0 Å². The first-order valence-corrected chi connectivity index (χ1v) is 10.5.